The third-order valence-electron chi connectivity index (χ3n) is 3.44. The summed E-state index contributed by atoms with van der Waals surface area (Å²) in [7, 11) is 1.77. The van der Waals surface area contributed by atoms with Crippen molar-refractivity contribution >= 4 is 17.9 Å². The first-order chi connectivity index (χ1) is 9.75. The molecule has 2 aliphatic heterocycles. The van der Waals surface area contributed by atoms with Crippen molar-refractivity contribution in [2.75, 3.05) is 33.4 Å². The molecule has 3 rings (SSSR count). The molecule has 0 spiro atoms. The monoisotopic (exact) mass is 271 g/mol. The normalized spacial score (nSPS) is 21.6. The summed E-state index contributed by atoms with van der Waals surface area (Å²) in [6.45, 7) is 2.90. The van der Waals surface area contributed by atoms with E-state index in [9.17, 15) is 4.79 Å². The quantitative estimate of drug-likeness (QED) is 0.721. The summed E-state index contributed by atoms with van der Waals surface area (Å²) in [5.74, 6) is 0.663. The first-order valence-electron chi connectivity index (χ1n) is 6.72. The predicted octanol–water partition coefficient (Wildman–Crippen LogP) is 1.19. The number of carbonyl (C=O) groups is 1. The summed E-state index contributed by atoms with van der Waals surface area (Å²) in [6.07, 6.45) is 1.83. The molecule has 0 radical (unpaired) electrons. The molecule has 1 saturated heterocycles. The summed E-state index contributed by atoms with van der Waals surface area (Å²) in [5.41, 5.74) is 1.47. The van der Waals surface area contributed by atoms with Gasteiger partial charge >= 0.3 is 0 Å². The lowest BCUT2D eigenvalue weighted by Crippen LogP contribution is -2.47. The number of morpholine rings is 1. The highest BCUT2D eigenvalue weighted by atomic mass is 16.5. The van der Waals surface area contributed by atoms with Gasteiger partial charge in [0.05, 0.1) is 13.2 Å². The van der Waals surface area contributed by atoms with Gasteiger partial charge in [0, 0.05) is 20.1 Å². The standard InChI is InChI=1S/C15H17N3O2/c1-17-14(19)13(11-12-5-3-2-4-6-12)16-15(17)18-7-9-20-10-8-18/h2-6,11H,7-10H2,1H3. The lowest BCUT2D eigenvalue weighted by Gasteiger charge is -2.30. The number of guanidine groups is 1. The lowest BCUT2D eigenvalue weighted by atomic mass is 10.2. The summed E-state index contributed by atoms with van der Waals surface area (Å²) < 4.78 is 5.33. The second kappa shape index (κ2) is 5.46. The zero-order valence-corrected chi connectivity index (χ0v) is 11.5. The van der Waals surface area contributed by atoms with Crippen LogP contribution in [0.5, 0.6) is 0 Å². The fourth-order valence-corrected chi connectivity index (χ4v) is 2.34. The Labute approximate surface area is 118 Å². The fourth-order valence-electron chi connectivity index (χ4n) is 2.34. The third-order valence-corrected chi connectivity index (χ3v) is 3.44. The van der Waals surface area contributed by atoms with E-state index in [4.69, 9.17) is 4.74 Å². The van der Waals surface area contributed by atoms with Crippen LogP contribution in [0.15, 0.2) is 41.0 Å². The van der Waals surface area contributed by atoms with Crippen molar-refractivity contribution in [3.05, 3.63) is 41.6 Å². The van der Waals surface area contributed by atoms with Gasteiger partial charge in [0.15, 0.2) is 0 Å². The minimum absolute atomic E-state index is 0.0599. The van der Waals surface area contributed by atoms with Gasteiger partial charge in [-0.25, -0.2) is 4.99 Å². The van der Waals surface area contributed by atoms with Crippen LogP contribution in [-0.4, -0.2) is 55.0 Å². The molecule has 0 N–H and O–H groups in total. The maximum Gasteiger partial charge on any atom is 0.279 e. The van der Waals surface area contributed by atoms with Crippen LogP contribution >= 0.6 is 0 Å². The SMILES string of the molecule is CN1C(=O)C(=Cc2ccccc2)N=C1N1CCOCC1. The molecule has 0 bridgehead atoms. The van der Waals surface area contributed by atoms with E-state index in [-0.39, 0.29) is 5.91 Å². The van der Waals surface area contributed by atoms with Crippen molar-refractivity contribution in [2.24, 2.45) is 4.99 Å². The Morgan fingerprint density at radius 3 is 2.60 bits per heavy atom. The molecule has 0 unspecified atom stereocenters. The van der Waals surface area contributed by atoms with Crippen LogP contribution in [-0.2, 0) is 9.53 Å². The summed E-state index contributed by atoms with van der Waals surface area (Å²) in [5, 5.41) is 0. The third kappa shape index (κ3) is 2.44. The predicted molar refractivity (Wildman–Crippen MR) is 77.0 cm³/mol. The van der Waals surface area contributed by atoms with Crippen molar-refractivity contribution in [1.29, 1.82) is 0 Å². The smallest absolute Gasteiger partial charge is 0.279 e. The zero-order valence-electron chi connectivity index (χ0n) is 11.5. The molecule has 5 heteroatoms. The van der Waals surface area contributed by atoms with Gasteiger partial charge in [0.1, 0.15) is 5.70 Å². The number of carbonyl (C=O) groups excluding carboxylic acids is 1. The van der Waals surface area contributed by atoms with Crippen molar-refractivity contribution in [1.82, 2.24) is 9.80 Å². The summed E-state index contributed by atoms with van der Waals surface area (Å²) >= 11 is 0. The molecule has 1 aromatic rings. The van der Waals surface area contributed by atoms with Crippen LogP contribution in [0.25, 0.3) is 6.08 Å². The number of amides is 1. The van der Waals surface area contributed by atoms with Crippen molar-refractivity contribution in [3.63, 3.8) is 0 Å². The Kier molecular flexibility index (Phi) is 3.52. The topological polar surface area (TPSA) is 45.1 Å². The molecule has 0 saturated carbocycles. The van der Waals surface area contributed by atoms with E-state index in [1.165, 1.54) is 0 Å². The largest absolute Gasteiger partial charge is 0.378 e. The fraction of sp³-hybridized carbons (Fsp3) is 0.333. The van der Waals surface area contributed by atoms with Crippen LogP contribution in [0.3, 0.4) is 0 Å². The maximum absolute atomic E-state index is 12.2. The molecule has 0 aliphatic carbocycles. The molecular weight excluding hydrogens is 254 g/mol. The number of rotatable bonds is 1. The number of nitrogens with zero attached hydrogens (tertiary/aromatic N) is 3. The van der Waals surface area contributed by atoms with Gasteiger partial charge in [0.25, 0.3) is 5.91 Å². The molecule has 1 aromatic carbocycles. The van der Waals surface area contributed by atoms with Crippen LogP contribution in [0.2, 0.25) is 0 Å². The molecular formula is C15H17N3O2. The highest BCUT2D eigenvalue weighted by Crippen LogP contribution is 2.19. The highest BCUT2D eigenvalue weighted by Gasteiger charge is 2.31. The lowest BCUT2D eigenvalue weighted by molar-refractivity contribution is -0.122. The minimum Gasteiger partial charge on any atom is -0.378 e. The molecule has 0 atom stereocenters. The van der Waals surface area contributed by atoms with Gasteiger partial charge in [-0.05, 0) is 11.6 Å². The number of aliphatic imine (C=N–C) groups is 1. The van der Waals surface area contributed by atoms with Crippen molar-refractivity contribution in [2.45, 2.75) is 0 Å². The highest BCUT2D eigenvalue weighted by molar-refractivity contribution is 6.13. The Bertz CT molecular complexity index is 560. The number of hydrogen-bond donors (Lipinski definition) is 0. The Morgan fingerprint density at radius 1 is 1.20 bits per heavy atom. The van der Waals surface area contributed by atoms with Crippen molar-refractivity contribution in [3.8, 4) is 0 Å². The number of benzene rings is 1. The molecule has 1 fully saturated rings. The van der Waals surface area contributed by atoms with Crippen LogP contribution in [0, 0.1) is 0 Å². The van der Waals surface area contributed by atoms with Crippen LogP contribution in [0.1, 0.15) is 5.56 Å². The number of hydrogen-bond acceptors (Lipinski definition) is 4. The van der Waals surface area contributed by atoms with Gasteiger partial charge in [0.2, 0.25) is 5.96 Å². The first kappa shape index (κ1) is 12.9. The number of likely N-dealkylation sites (N-methyl/N-ethyl adjacent to an activating group) is 1. The van der Waals surface area contributed by atoms with Gasteiger partial charge in [-0.2, -0.15) is 0 Å². The van der Waals surface area contributed by atoms with Gasteiger partial charge in [-0.15, -0.1) is 0 Å². The van der Waals surface area contributed by atoms with E-state index in [1.807, 2.05) is 36.4 Å². The number of ether oxygens (including phenoxy) is 1. The van der Waals surface area contributed by atoms with E-state index >= 15 is 0 Å². The van der Waals surface area contributed by atoms with Gasteiger partial charge in [-0.3, -0.25) is 9.69 Å². The van der Waals surface area contributed by atoms with E-state index < -0.39 is 0 Å². The Balaban J connectivity index is 1.87. The average molecular weight is 271 g/mol. The summed E-state index contributed by atoms with van der Waals surface area (Å²) in [4.78, 5) is 20.4. The van der Waals surface area contributed by atoms with Crippen molar-refractivity contribution < 1.29 is 9.53 Å². The summed E-state index contributed by atoms with van der Waals surface area (Å²) in [6, 6.07) is 9.77. The second-order valence-corrected chi connectivity index (χ2v) is 4.82. The van der Waals surface area contributed by atoms with E-state index in [0.29, 0.717) is 18.9 Å². The molecule has 20 heavy (non-hydrogen) atoms. The maximum atomic E-state index is 12.2. The second-order valence-electron chi connectivity index (χ2n) is 4.82. The zero-order chi connectivity index (χ0) is 13.9. The Morgan fingerprint density at radius 2 is 1.90 bits per heavy atom. The van der Waals surface area contributed by atoms with Gasteiger partial charge < -0.3 is 9.64 Å². The Hall–Kier alpha value is -2.14. The minimum atomic E-state index is -0.0599. The molecule has 2 aliphatic rings. The molecule has 2 heterocycles. The first-order valence-corrected chi connectivity index (χ1v) is 6.72. The molecule has 0 aromatic heterocycles. The van der Waals surface area contributed by atoms with E-state index in [1.54, 1.807) is 11.9 Å². The van der Waals surface area contributed by atoms with Crippen LogP contribution < -0.4 is 0 Å². The molecule has 1 amide bonds. The van der Waals surface area contributed by atoms with E-state index in [0.717, 1.165) is 24.6 Å². The molecule has 5 nitrogen and oxygen atoms in total. The average Bonchev–Trinajstić information content (AvgIpc) is 2.78. The van der Waals surface area contributed by atoms with Crippen LogP contribution in [0.4, 0.5) is 0 Å². The van der Waals surface area contributed by atoms with E-state index in [2.05, 4.69) is 9.89 Å². The molecule has 104 valence electrons. The van der Waals surface area contributed by atoms with Gasteiger partial charge in [-0.1, -0.05) is 30.3 Å².